The number of anilines is 2. The summed E-state index contributed by atoms with van der Waals surface area (Å²) in [6.45, 7) is 8.54. The molecule has 644 valence electrons. The Hall–Kier alpha value is -7.29. The first-order valence-electron chi connectivity index (χ1n) is 46.4. The molecule has 0 radical (unpaired) electrons. The quantitative estimate of drug-likeness (QED) is 0.0450. The van der Waals surface area contributed by atoms with Crippen LogP contribution < -0.4 is 31.1 Å². The standard InChI is InChI=1S/2C21H29FN2O.C21H30N2O.C19H27N3O.C17H24N4O/c2*1-23-20(25)17-3-4-18(19(22)8-17)12-24(2)13-21-9-14-5-15(10-21)7-16(6-14)11-21;1-22-20(24)19-5-3-15(4-6-19)13-23(2)14-21-10-16-7-17(11-21)9-18(8-16)12-21;1-3-17(23)16-10-20-18(21-11-16)22(2)12-19-7-13-4-14(8-19)6-15(5-13)9-19;1-18-15(22)14-9-19-16(20-10-14)21(2)17-6-11-3-12(7-17)5-13(4-11)8-17/h2*3-4,8,14-16H,5-7,9-13H2,1-2H3,(H,23,25);3-6,16-18H,7-14H2,1-2H3,(H,22,24);10-11,13-15H,3-9,12H2,1-2H3;9-13H,3-8H2,1-2H3,(H,18,22)/i22-1;;;;. The van der Waals surface area contributed by atoms with E-state index in [-0.39, 0.29) is 46.6 Å². The number of benzene rings is 3. The van der Waals surface area contributed by atoms with Crippen LogP contribution in [0.5, 0.6) is 0 Å². The number of carbonyl (C=O) groups excluding carboxylic acids is 5. The Morgan fingerprint density at radius 2 is 0.613 bits per heavy atom. The van der Waals surface area contributed by atoms with Crippen LogP contribution in [0.4, 0.5) is 20.7 Å². The largest absolute Gasteiger partial charge is 0.355 e. The molecule has 0 aliphatic heterocycles. The number of Topliss-reactive ketones (excluding diaryl/α,β-unsaturated/α-hetero) is 1. The third-order valence-corrected chi connectivity index (χ3v) is 32.7. The smallest absolute Gasteiger partial charge is 0.254 e. The summed E-state index contributed by atoms with van der Waals surface area (Å²) in [6, 6.07) is 17.7. The third-order valence-electron chi connectivity index (χ3n) is 32.7. The predicted octanol–water partition coefficient (Wildman–Crippen LogP) is 17.3. The number of hydrogen-bond donors (Lipinski definition) is 4. The number of amides is 4. The SMILES string of the molecule is CCC(=O)c1cnc(N(C)CC23CC4CC(CC(C4)C2)C3)nc1.CNC(=O)c1ccc(CN(C)CC23CC4CC(CC(C4)C2)C3)c(F)c1.CNC(=O)c1ccc(CN(C)CC23CC4CC(CC(C4)C2)C3)c([18F])c1.CNC(=O)c1ccc(CN(C)CC23CC4CC(CC(C4)C2)C3)cc1.CNC(=O)c1cnc(N(C)C23CC4CC(CC(C4)C2)C3)nc1. The molecule has 4 amide bonds. The number of carbonyl (C=O) groups is 5. The topological polar surface area (TPSA) is 201 Å². The molecule has 20 fully saturated rings. The first-order chi connectivity index (χ1) is 57.1. The molecule has 3 aromatic carbocycles. The van der Waals surface area contributed by atoms with Crippen LogP contribution in [0, 0.1) is 122 Å². The lowest BCUT2D eigenvalue weighted by Gasteiger charge is -2.59. The predicted molar refractivity (Wildman–Crippen MR) is 465 cm³/mol. The zero-order chi connectivity index (χ0) is 83.3. The molecule has 0 unspecified atom stereocenters. The van der Waals surface area contributed by atoms with Crippen molar-refractivity contribution in [1.29, 1.82) is 0 Å². The maximum Gasteiger partial charge on any atom is 0.254 e. The molecule has 0 saturated heterocycles. The molecule has 2 heterocycles. The van der Waals surface area contributed by atoms with E-state index in [9.17, 15) is 32.8 Å². The van der Waals surface area contributed by atoms with E-state index in [0.717, 1.165) is 132 Å². The molecule has 18 nitrogen and oxygen atoms in total. The summed E-state index contributed by atoms with van der Waals surface area (Å²) < 4.78 is 28.8. The Bertz CT molecular complexity index is 4120. The molecule has 0 spiro atoms. The summed E-state index contributed by atoms with van der Waals surface area (Å²) in [5.74, 6) is 14.8. The van der Waals surface area contributed by atoms with Crippen molar-refractivity contribution in [3.63, 3.8) is 0 Å². The van der Waals surface area contributed by atoms with Crippen LogP contribution in [0.2, 0.25) is 0 Å². The van der Waals surface area contributed by atoms with Gasteiger partial charge in [0.15, 0.2) is 5.78 Å². The lowest BCUT2D eigenvalue weighted by molar-refractivity contribution is -0.0672. The van der Waals surface area contributed by atoms with Crippen molar-refractivity contribution in [1.82, 2.24) is 55.9 Å². The van der Waals surface area contributed by atoms with Crippen LogP contribution in [-0.2, 0) is 19.6 Å². The Balaban J connectivity index is 0.000000111. The molecule has 20 aliphatic rings. The first-order valence-corrected chi connectivity index (χ1v) is 46.4. The van der Waals surface area contributed by atoms with Crippen LogP contribution in [0.25, 0.3) is 0 Å². The van der Waals surface area contributed by atoms with Crippen LogP contribution >= 0.6 is 0 Å². The van der Waals surface area contributed by atoms with Gasteiger partial charge < -0.3 is 45.8 Å². The highest BCUT2D eigenvalue weighted by molar-refractivity contribution is 5.96. The van der Waals surface area contributed by atoms with E-state index in [1.807, 2.05) is 19.1 Å². The van der Waals surface area contributed by atoms with Crippen molar-refractivity contribution in [2.45, 2.75) is 231 Å². The maximum atomic E-state index is 14.4. The second kappa shape index (κ2) is 35.5. The Morgan fingerprint density at radius 1 is 0.345 bits per heavy atom. The van der Waals surface area contributed by atoms with E-state index in [1.54, 1.807) is 77.2 Å². The second-order valence-electron chi connectivity index (χ2n) is 42.7. The molecule has 20 aliphatic carbocycles. The third kappa shape index (κ3) is 19.4. The normalized spacial score (nSPS) is 34.0. The minimum absolute atomic E-state index is 0.0107. The average molecular weight is 1630 g/mol. The van der Waals surface area contributed by atoms with Gasteiger partial charge in [-0.1, -0.05) is 31.2 Å². The number of rotatable bonds is 23. The van der Waals surface area contributed by atoms with Gasteiger partial charge in [0.1, 0.15) is 11.6 Å². The number of ketones is 1. The summed E-state index contributed by atoms with van der Waals surface area (Å²) in [6.07, 6.45) is 49.9. The van der Waals surface area contributed by atoms with Crippen LogP contribution in [0.1, 0.15) is 274 Å². The monoisotopic (exact) mass is 1630 g/mol. The van der Waals surface area contributed by atoms with Crippen LogP contribution in [0.3, 0.4) is 0 Å². The molecule has 20 saturated carbocycles. The van der Waals surface area contributed by atoms with E-state index in [1.165, 1.54) is 217 Å². The van der Waals surface area contributed by atoms with Crippen LogP contribution in [0.15, 0.2) is 85.5 Å². The summed E-state index contributed by atoms with van der Waals surface area (Å²) in [5, 5.41) is 10.4. The van der Waals surface area contributed by atoms with Gasteiger partial charge in [0.05, 0.1) is 11.1 Å². The second-order valence-corrected chi connectivity index (χ2v) is 42.7. The molecule has 0 atom stereocenters. The fourth-order valence-electron chi connectivity index (χ4n) is 30.4. The zero-order valence-corrected chi connectivity index (χ0v) is 73.4. The van der Waals surface area contributed by atoms with Crippen molar-refractivity contribution < 1.29 is 32.8 Å². The summed E-state index contributed by atoms with van der Waals surface area (Å²) in [4.78, 5) is 87.6. The number of nitrogens with one attached hydrogen (secondary N) is 4. The Labute approximate surface area is 708 Å². The fourth-order valence-corrected chi connectivity index (χ4v) is 30.4. The van der Waals surface area contributed by atoms with Gasteiger partial charge in [-0.25, -0.2) is 28.7 Å². The molecule has 5 aromatic rings. The van der Waals surface area contributed by atoms with E-state index < -0.39 is 0 Å². The maximum absolute atomic E-state index is 14.4. The van der Waals surface area contributed by atoms with Crippen molar-refractivity contribution in [3.8, 4) is 0 Å². The van der Waals surface area contributed by atoms with E-state index in [4.69, 9.17) is 0 Å². The number of halogens is 2. The van der Waals surface area contributed by atoms with Crippen molar-refractivity contribution in [2.24, 2.45) is 110 Å². The van der Waals surface area contributed by atoms with Gasteiger partial charge >= 0.3 is 0 Å². The zero-order valence-electron chi connectivity index (χ0n) is 73.4. The van der Waals surface area contributed by atoms with E-state index >= 15 is 0 Å². The van der Waals surface area contributed by atoms with Gasteiger partial charge in [0.2, 0.25) is 11.9 Å². The van der Waals surface area contributed by atoms with Gasteiger partial charge in [-0.3, -0.25) is 24.0 Å². The number of nitrogens with zero attached hydrogens (tertiary/aromatic N) is 9. The molecule has 119 heavy (non-hydrogen) atoms. The molecule has 20 bridgehead atoms. The van der Waals surface area contributed by atoms with Gasteiger partial charge in [-0.2, -0.15) is 0 Å². The number of aromatic nitrogens is 4. The Morgan fingerprint density at radius 3 is 0.924 bits per heavy atom. The molecule has 2 aromatic heterocycles. The minimum atomic E-state index is -0.279. The first kappa shape index (κ1) is 85.3. The average Bonchev–Trinajstić information content (AvgIpc) is 0.761. The van der Waals surface area contributed by atoms with Crippen molar-refractivity contribution in [2.75, 3.05) is 99.4 Å². The lowest BCUT2D eigenvalue weighted by atomic mass is 9.49. The van der Waals surface area contributed by atoms with Crippen molar-refractivity contribution >= 4 is 41.3 Å². The molecular weight excluding hydrogens is 1490 g/mol. The van der Waals surface area contributed by atoms with Gasteiger partial charge in [0, 0.05) is 153 Å². The highest BCUT2D eigenvalue weighted by Gasteiger charge is 2.57. The molecule has 25 rings (SSSR count). The fraction of sp³-hybridized carbons (Fsp3) is 0.687. The highest BCUT2D eigenvalue weighted by atomic mass is 19.1. The summed E-state index contributed by atoms with van der Waals surface area (Å²) >= 11 is 0. The number of hydrogen-bond acceptors (Lipinski definition) is 14. The Kier molecular flexibility index (Phi) is 25.4. The van der Waals surface area contributed by atoms with Gasteiger partial charge in [-0.05, 0) is 366 Å². The molecule has 4 N–H and O–H groups in total. The van der Waals surface area contributed by atoms with E-state index in [2.05, 4.69) is 113 Å². The minimum Gasteiger partial charge on any atom is -0.355 e. The molecule has 20 heteroatoms. The van der Waals surface area contributed by atoms with Gasteiger partial charge in [0.25, 0.3) is 23.6 Å². The lowest BCUT2D eigenvalue weighted by Crippen LogP contribution is -2.59. The van der Waals surface area contributed by atoms with Crippen LogP contribution in [-0.4, -0.2) is 159 Å². The highest BCUT2D eigenvalue weighted by Crippen LogP contribution is 2.65. The summed E-state index contributed by atoms with van der Waals surface area (Å²) in [5.41, 5.74) is 7.60. The molecular formula is C99H139F2N13O5. The summed E-state index contributed by atoms with van der Waals surface area (Å²) in [7, 11) is 17.2. The van der Waals surface area contributed by atoms with Crippen molar-refractivity contribution in [3.05, 3.63) is 142 Å². The van der Waals surface area contributed by atoms with E-state index in [0.29, 0.717) is 74.6 Å². The van der Waals surface area contributed by atoms with Gasteiger partial charge in [-0.15, -0.1) is 0 Å².